The van der Waals surface area contributed by atoms with E-state index >= 15 is 0 Å². The smallest absolute Gasteiger partial charge is 0.363 e. The molecule has 30 heavy (non-hydrogen) atoms. The van der Waals surface area contributed by atoms with Crippen LogP contribution in [0.5, 0.6) is 11.5 Å². The minimum atomic E-state index is -0.496. The van der Waals surface area contributed by atoms with Crippen molar-refractivity contribution in [2.75, 3.05) is 7.11 Å². The van der Waals surface area contributed by atoms with Crippen LogP contribution in [-0.2, 0) is 16.1 Å². The van der Waals surface area contributed by atoms with Crippen LogP contribution in [0.2, 0.25) is 0 Å². The predicted octanol–water partition coefficient (Wildman–Crippen LogP) is 5.38. The molecule has 5 nitrogen and oxygen atoms in total. The Balaban J connectivity index is 1.56. The molecule has 0 saturated heterocycles. The van der Waals surface area contributed by atoms with Crippen molar-refractivity contribution in [2.45, 2.75) is 6.61 Å². The van der Waals surface area contributed by atoms with E-state index in [4.69, 9.17) is 14.2 Å². The molecule has 1 heterocycles. The van der Waals surface area contributed by atoms with Crippen LogP contribution in [0.25, 0.3) is 6.08 Å². The molecule has 0 bridgehead atoms. The summed E-state index contributed by atoms with van der Waals surface area (Å²) in [6, 6.07) is 22.8. The molecular formula is C24H18BrNO4. The van der Waals surface area contributed by atoms with Crippen LogP contribution in [0.3, 0.4) is 0 Å². The van der Waals surface area contributed by atoms with Crippen LogP contribution in [0.1, 0.15) is 16.7 Å². The minimum Gasteiger partial charge on any atom is -0.493 e. The number of hydrogen-bond acceptors (Lipinski definition) is 5. The van der Waals surface area contributed by atoms with Crippen LogP contribution in [0.4, 0.5) is 0 Å². The molecule has 150 valence electrons. The zero-order chi connectivity index (χ0) is 20.9. The Morgan fingerprint density at radius 3 is 2.53 bits per heavy atom. The van der Waals surface area contributed by atoms with E-state index in [2.05, 4.69) is 20.9 Å². The number of rotatable bonds is 6. The fourth-order valence-corrected chi connectivity index (χ4v) is 3.40. The Hall–Kier alpha value is -3.38. The standard InChI is InChI=1S/C24H18BrNO4/c1-28-22-14-17(11-12-21(22)29-15-16-7-3-2-4-8-16)13-20-24(27)30-23(26-20)18-9-5-6-10-19(18)25/h2-14H,15H2,1H3/b20-13-. The van der Waals surface area contributed by atoms with Gasteiger partial charge in [-0.1, -0.05) is 48.5 Å². The van der Waals surface area contributed by atoms with Crippen LogP contribution in [0, 0.1) is 0 Å². The highest BCUT2D eigenvalue weighted by atomic mass is 79.9. The van der Waals surface area contributed by atoms with Gasteiger partial charge in [-0.2, -0.15) is 0 Å². The highest BCUT2D eigenvalue weighted by Gasteiger charge is 2.25. The third-order valence-corrected chi connectivity index (χ3v) is 5.14. The van der Waals surface area contributed by atoms with Crippen LogP contribution in [0.15, 0.2) is 88.0 Å². The zero-order valence-corrected chi connectivity index (χ0v) is 17.8. The zero-order valence-electron chi connectivity index (χ0n) is 16.2. The molecule has 4 rings (SSSR count). The third-order valence-electron chi connectivity index (χ3n) is 4.45. The van der Waals surface area contributed by atoms with Crippen molar-refractivity contribution in [1.29, 1.82) is 0 Å². The Labute approximate surface area is 182 Å². The van der Waals surface area contributed by atoms with E-state index < -0.39 is 5.97 Å². The van der Waals surface area contributed by atoms with Crippen LogP contribution >= 0.6 is 15.9 Å². The summed E-state index contributed by atoms with van der Waals surface area (Å²) in [6.07, 6.45) is 1.66. The fourth-order valence-electron chi connectivity index (χ4n) is 2.95. The van der Waals surface area contributed by atoms with Gasteiger partial charge < -0.3 is 14.2 Å². The van der Waals surface area contributed by atoms with Crippen molar-refractivity contribution in [1.82, 2.24) is 0 Å². The van der Waals surface area contributed by atoms with Gasteiger partial charge in [0.2, 0.25) is 5.90 Å². The highest BCUT2D eigenvalue weighted by molar-refractivity contribution is 9.10. The molecule has 0 N–H and O–H groups in total. The van der Waals surface area contributed by atoms with E-state index in [0.29, 0.717) is 18.1 Å². The van der Waals surface area contributed by atoms with Gasteiger partial charge in [-0.15, -0.1) is 0 Å². The second-order valence-corrected chi connectivity index (χ2v) is 7.35. The number of cyclic esters (lactones) is 1. The molecule has 0 spiro atoms. The highest BCUT2D eigenvalue weighted by Crippen LogP contribution is 2.31. The molecule has 0 saturated carbocycles. The van der Waals surface area contributed by atoms with Gasteiger partial charge >= 0.3 is 5.97 Å². The van der Waals surface area contributed by atoms with Gasteiger partial charge in [0.1, 0.15) is 6.61 Å². The van der Waals surface area contributed by atoms with Gasteiger partial charge in [-0.05, 0) is 57.4 Å². The van der Waals surface area contributed by atoms with Crippen molar-refractivity contribution in [3.05, 3.63) is 99.7 Å². The largest absolute Gasteiger partial charge is 0.493 e. The number of halogens is 1. The quantitative estimate of drug-likeness (QED) is 0.363. The molecule has 0 amide bonds. The molecule has 0 unspecified atom stereocenters. The van der Waals surface area contributed by atoms with E-state index in [-0.39, 0.29) is 11.6 Å². The number of carbonyl (C=O) groups is 1. The Morgan fingerprint density at radius 2 is 1.77 bits per heavy atom. The van der Waals surface area contributed by atoms with Crippen molar-refractivity contribution in [3.8, 4) is 11.5 Å². The van der Waals surface area contributed by atoms with Crippen LogP contribution in [-0.4, -0.2) is 19.0 Å². The maximum Gasteiger partial charge on any atom is 0.363 e. The predicted molar refractivity (Wildman–Crippen MR) is 119 cm³/mol. The maximum atomic E-state index is 12.3. The molecule has 0 aromatic heterocycles. The summed E-state index contributed by atoms with van der Waals surface area (Å²) in [5.74, 6) is 0.967. The molecular weight excluding hydrogens is 446 g/mol. The molecule has 0 aliphatic carbocycles. The minimum absolute atomic E-state index is 0.223. The lowest BCUT2D eigenvalue weighted by Crippen LogP contribution is -2.05. The first kappa shape index (κ1) is 19.9. The summed E-state index contributed by atoms with van der Waals surface area (Å²) in [4.78, 5) is 16.6. The summed E-state index contributed by atoms with van der Waals surface area (Å²) < 4.78 is 17.5. The molecule has 1 aliphatic heterocycles. The number of carbonyl (C=O) groups excluding carboxylic acids is 1. The number of benzene rings is 3. The van der Waals surface area contributed by atoms with Gasteiger partial charge in [-0.3, -0.25) is 0 Å². The summed E-state index contributed by atoms with van der Waals surface area (Å²) in [7, 11) is 1.58. The number of nitrogens with zero attached hydrogens (tertiary/aromatic N) is 1. The van der Waals surface area contributed by atoms with E-state index in [1.54, 1.807) is 19.3 Å². The van der Waals surface area contributed by atoms with E-state index in [9.17, 15) is 4.79 Å². The van der Waals surface area contributed by atoms with Crippen molar-refractivity contribution < 1.29 is 19.0 Å². The second kappa shape index (κ2) is 8.97. The number of methoxy groups -OCH3 is 1. The molecule has 6 heteroatoms. The molecule has 0 fully saturated rings. The molecule has 3 aromatic rings. The number of esters is 1. The normalized spacial score (nSPS) is 14.4. The van der Waals surface area contributed by atoms with Crippen molar-refractivity contribution >= 4 is 33.9 Å². The second-order valence-electron chi connectivity index (χ2n) is 6.50. The molecule has 0 atom stereocenters. The number of hydrogen-bond donors (Lipinski definition) is 0. The fraction of sp³-hybridized carbons (Fsp3) is 0.0833. The van der Waals surface area contributed by atoms with E-state index in [1.807, 2.05) is 66.7 Å². The molecule has 1 aliphatic rings. The number of aliphatic imine (C=N–C) groups is 1. The van der Waals surface area contributed by atoms with Crippen molar-refractivity contribution in [2.24, 2.45) is 4.99 Å². The van der Waals surface area contributed by atoms with E-state index in [1.165, 1.54) is 0 Å². The van der Waals surface area contributed by atoms with Crippen molar-refractivity contribution in [3.63, 3.8) is 0 Å². The topological polar surface area (TPSA) is 57.1 Å². The first-order valence-corrected chi connectivity index (χ1v) is 10.1. The summed E-state index contributed by atoms with van der Waals surface area (Å²) in [5, 5.41) is 0. The van der Waals surface area contributed by atoms with Gasteiger partial charge in [0.25, 0.3) is 0 Å². The average Bonchev–Trinajstić information content (AvgIpc) is 3.13. The SMILES string of the molecule is COc1cc(/C=C2\N=C(c3ccccc3Br)OC2=O)ccc1OCc1ccccc1. The van der Waals surface area contributed by atoms with Gasteiger partial charge in [0.15, 0.2) is 17.2 Å². The average molecular weight is 464 g/mol. The molecule has 0 radical (unpaired) electrons. The first-order valence-electron chi connectivity index (χ1n) is 9.26. The maximum absolute atomic E-state index is 12.3. The summed E-state index contributed by atoms with van der Waals surface area (Å²) in [6.45, 7) is 0.434. The molecule has 3 aromatic carbocycles. The summed E-state index contributed by atoms with van der Waals surface area (Å²) >= 11 is 3.45. The van der Waals surface area contributed by atoms with E-state index in [0.717, 1.165) is 21.2 Å². The lowest BCUT2D eigenvalue weighted by molar-refractivity contribution is -0.129. The first-order chi connectivity index (χ1) is 14.6. The van der Waals surface area contributed by atoms with Gasteiger partial charge in [-0.25, -0.2) is 9.79 Å². The lowest BCUT2D eigenvalue weighted by Gasteiger charge is -2.11. The Bertz CT molecular complexity index is 1140. The van der Waals surface area contributed by atoms with Gasteiger partial charge in [0.05, 0.1) is 12.7 Å². The Kier molecular flexibility index (Phi) is 5.95. The van der Waals surface area contributed by atoms with Gasteiger partial charge in [0, 0.05) is 4.47 Å². The lowest BCUT2D eigenvalue weighted by atomic mass is 10.1. The summed E-state index contributed by atoms with van der Waals surface area (Å²) in [5.41, 5.74) is 2.76. The number of ether oxygens (including phenoxy) is 3. The monoisotopic (exact) mass is 463 g/mol. The third kappa shape index (κ3) is 4.44. The Morgan fingerprint density at radius 1 is 1.00 bits per heavy atom. The van der Waals surface area contributed by atoms with Crippen LogP contribution < -0.4 is 9.47 Å².